The first-order valence-electron chi connectivity index (χ1n) is 8.77. The summed E-state index contributed by atoms with van der Waals surface area (Å²) >= 11 is 3.19. The summed E-state index contributed by atoms with van der Waals surface area (Å²) in [5.41, 5.74) is 7.56. The van der Waals surface area contributed by atoms with E-state index in [1.165, 1.54) is 12.1 Å². The Morgan fingerprint density at radius 1 is 0.933 bits per heavy atom. The zero-order chi connectivity index (χ0) is 22.1. The molecule has 0 bridgehead atoms. The Labute approximate surface area is 182 Å². The molecule has 3 aromatic rings. The second-order valence-electron chi connectivity index (χ2n) is 6.55. The fourth-order valence-electron chi connectivity index (χ4n) is 3.07. The minimum absolute atomic E-state index is 0.0107. The van der Waals surface area contributed by atoms with Gasteiger partial charge < -0.3 is 4.57 Å². The van der Waals surface area contributed by atoms with Crippen LogP contribution in [0.2, 0.25) is 0 Å². The standard InChI is InChI=1S/C20H19BrN4O4S/c1-12-10-16(13(2)25(12)14-6-4-3-5-7-14)19(26)23-24-20(27)17-11-15(30(22,28)29)8-9-18(17)21/h3-11H,1-2H3,(H,23,26)(H,24,27)(H2,22,28,29). The van der Waals surface area contributed by atoms with Crippen LogP contribution >= 0.6 is 15.9 Å². The smallest absolute Gasteiger partial charge is 0.271 e. The maximum atomic E-state index is 12.6. The van der Waals surface area contributed by atoms with Gasteiger partial charge in [0.25, 0.3) is 11.8 Å². The Balaban J connectivity index is 1.79. The minimum Gasteiger partial charge on any atom is -0.318 e. The average molecular weight is 491 g/mol. The summed E-state index contributed by atoms with van der Waals surface area (Å²) in [7, 11) is -3.97. The molecule has 2 aromatic carbocycles. The molecule has 1 aromatic heterocycles. The van der Waals surface area contributed by atoms with Crippen LogP contribution < -0.4 is 16.0 Å². The molecule has 0 aliphatic rings. The van der Waals surface area contributed by atoms with Gasteiger partial charge in [0.15, 0.2) is 0 Å². The topological polar surface area (TPSA) is 123 Å². The first-order valence-corrected chi connectivity index (χ1v) is 11.1. The fraction of sp³-hybridized carbons (Fsp3) is 0.100. The van der Waals surface area contributed by atoms with Gasteiger partial charge in [0.1, 0.15) is 0 Å². The molecule has 0 atom stereocenters. The van der Waals surface area contributed by atoms with Crippen molar-refractivity contribution in [3.8, 4) is 5.69 Å². The molecule has 0 saturated heterocycles. The molecule has 0 radical (unpaired) electrons. The first-order chi connectivity index (χ1) is 14.1. The number of para-hydroxylation sites is 1. The van der Waals surface area contributed by atoms with Crippen molar-refractivity contribution in [1.29, 1.82) is 0 Å². The lowest BCUT2D eigenvalue weighted by atomic mass is 10.2. The zero-order valence-electron chi connectivity index (χ0n) is 16.1. The van der Waals surface area contributed by atoms with Crippen molar-refractivity contribution < 1.29 is 18.0 Å². The van der Waals surface area contributed by atoms with Crippen molar-refractivity contribution in [3.05, 3.63) is 81.6 Å². The molecule has 3 rings (SSSR count). The zero-order valence-corrected chi connectivity index (χ0v) is 18.5. The number of benzene rings is 2. The summed E-state index contributed by atoms with van der Waals surface area (Å²) in [6.07, 6.45) is 0. The van der Waals surface area contributed by atoms with E-state index in [1.54, 1.807) is 6.07 Å². The van der Waals surface area contributed by atoms with Crippen molar-refractivity contribution in [2.45, 2.75) is 18.7 Å². The highest BCUT2D eigenvalue weighted by Crippen LogP contribution is 2.22. The number of primary sulfonamides is 1. The predicted molar refractivity (Wildman–Crippen MR) is 116 cm³/mol. The van der Waals surface area contributed by atoms with E-state index in [2.05, 4.69) is 26.8 Å². The Morgan fingerprint density at radius 2 is 1.53 bits per heavy atom. The molecule has 156 valence electrons. The van der Waals surface area contributed by atoms with Gasteiger partial charge in [-0.05, 0) is 66.2 Å². The molecule has 0 aliphatic heterocycles. The highest BCUT2D eigenvalue weighted by atomic mass is 79.9. The molecule has 0 saturated carbocycles. The number of aryl methyl sites for hydroxylation is 1. The van der Waals surface area contributed by atoms with Crippen molar-refractivity contribution >= 4 is 37.8 Å². The van der Waals surface area contributed by atoms with Crippen LogP contribution in [0.15, 0.2) is 64.0 Å². The second-order valence-corrected chi connectivity index (χ2v) is 8.97. The van der Waals surface area contributed by atoms with Crippen molar-refractivity contribution in [3.63, 3.8) is 0 Å². The summed E-state index contributed by atoms with van der Waals surface area (Å²) < 4.78 is 25.3. The van der Waals surface area contributed by atoms with Crippen LogP contribution in [0, 0.1) is 13.8 Å². The molecular formula is C20H19BrN4O4S. The number of carbonyl (C=O) groups is 2. The fourth-order valence-corrected chi connectivity index (χ4v) is 4.04. The molecular weight excluding hydrogens is 472 g/mol. The van der Waals surface area contributed by atoms with Crippen LogP contribution in [0.4, 0.5) is 0 Å². The van der Waals surface area contributed by atoms with Gasteiger partial charge in [-0.2, -0.15) is 0 Å². The Bertz CT molecular complexity index is 1240. The molecule has 0 aliphatic carbocycles. The van der Waals surface area contributed by atoms with Gasteiger partial charge in [0.05, 0.1) is 16.0 Å². The third-order valence-electron chi connectivity index (χ3n) is 4.49. The monoisotopic (exact) mass is 490 g/mol. The largest absolute Gasteiger partial charge is 0.318 e. The van der Waals surface area contributed by atoms with Crippen molar-refractivity contribution in [2.75, 3.05) is 0 Å². The molecule has 0 fully saturated rings. The van der Waals surface area contributed by atoms with Gasteiger partial charge in [-0.15, -0.1) is 0 Å². The van der Waals surface area contributed by atoms with E-state index in [1.807, 2.05) is 48.7 Å². The van der Waals surface area contributed by atoms with E-state index >= 15 is 0 Å². The lowest BCUT2D eigenvalue weighted by Crippen LogP contribution is -2.42. The number of aromatic nitrogens is 1. The van der Waals surface area contributed by atoms with Gasteiger partial charge in [0.2, 0.25) is 10.0 Å². The molecule has 10 heteroatoms. The third-order valence-corrected chi connectivity index (χ3v) is 6.09. The lowest BCUT2D eigenvalue weighted by Gasteiger charge is -2.11. The quantitative estimate of drug-likeness (QED) is 0.486. The molecule has 0 unspecified atom stereocenters. The maximum absolute atomic E-state index is 12.6. The van der Waals surface area contributed by atoms with Gasteiger partial charge >= 0.3 is 0 Å². The third kappa shape index (κ3) is 4.45. The summed E-state index contributed by atoms with van der Waals surface area (Å²) in [6, 6.07) is 15.1. The number of hydrogen-bond acceptors (Lipinski definition) is 4. The van der Waals surface area contributed by atoms with E-state index in [-0.39, 0.29) is 10.5 Å². The van der Waals surface area contributed by atoms with Crippen LogP contribution in [-0.4, -0.2) is 24.8 Å². The van der Waals surface area contributed by atoms with Crippen LogP contribution in [0.1, 0.15) is 32.1 Å². The number of amides is 2. The van der Waals surface area contributed by atoms with E-state index in [9.17, 15) is 18.0 Å². The molecule has 2 amide bonds. The van der Waals surface area contributed by atoms with Crippen LogP contribution in [-0.2, 0) is 10.0 Å². The van der Waals surface area contributed by atoms with Crippen LogP contribution in [0.3, 0.4) is 0 Å². The molecule has 0 spiro atoms. The molecule has 1 heterocycles. The highest BCUT2D eigenvalue weighted by Gasteiger charge is 2.19. The van der Waals surface area contributed by atoms with Gasteiger partial charge in [0, 0.05) is 21.5 Å². The molecule has 8 nitrogen and oxygen atoms in total. The van der Waals surface area contributed by atoms with E-state index in [0.29, 0.717) is 15.7 Å². The van der Waals surface area contributed by atoms with Gasteiger partial charge in [-0.3, -0.25) is 20.4 Å². The number of hydrazine groups is 1. The van der Waals surface area contributed by atoms with Crippen LogP contribution in [0.25, 0.3) is 5.69 Å². The van der Waals surface area contributed by atoms with E-state index < -0.39 is 21.8 Å². The summed E-state index contributed by atoms with van der Waals surface area (Å²) in [5, 5.41) is 5.11. The van der Waals surface area contributed by atoms with Crippen molar-refractivity contribution in [2.24, 2.45) is 5.14 Å². The highest BCUT2D eigenvalue weighted by molar-refractivity contribution is 9.10. The van der Waals surface area contributed by atoms with Gasteiger partial charge in [-0.25, -0.2) is 13.6 Å². The number of rotatable bonds is 4. The SMILES string of the molecule is Cc1cc(C(=O)NNC(=O)c2cc(S(N)(=O)=O)ccc2Br)c(C)n1-c1ccccc1. The number of nitrogens with zero attached hydrogens (tertiary/aromatic N) is 1. The Kier molecular flexibility index (Phi) is 6.11. The summed E-state index contributed by atoms with van der Waals surface area (Å²) in [6.45, 7) is 3.69. The van der Waals surface area contributed by atoms with Gasteiger partial charge in [-0.1, -0.05) is 18.2 Å². The second kappa shape index (κ2) is 8.42. The minimum atomic E-state index is -3.97. The van der Waals surface area contributed by atoms with Crippen LogP contribution in [0.5, 0.6) is 0 Å². The number of nitrogens with two attached hydrogens (primary N) is 1. The summed E-state index contributed by atoms with van der Waals surface area (Å²) in [5.74, 6) is -1.20. The van der Waals surface area contributed by atoms with E-state index in [0.717, 1.165) is 17.4 Å². The molecule has 30 heavy (non-hydrogen) atoms. The Hall–Kier alpha value is -2.95. The number of nitrogens with one attached hydrogen (secondary N) is 2. The predicted octanol–water partition coefficient (Wildman–Crippen LogP) is 2.58. The molecule has 4 N–H and O–H groups in total. The number of carbonyl (C=O) groups excluding carboxylic acids is 2. The normalized spacial score (nSPS) is 11.2. The lowest BCUT2D eigenvalue weighted by molar-refractivity contribution is 0.0845. The Morgan fingerprint density at radius 3 is 2.13 bits per heavy atom. The number of hydrogen-bond donors (Lipinski definition) is 3. The summed E-state index contributed by atoms with van der Waals surface area (Å²) in [4.78, 5) is 24.9. The van der Waals surface area contributed by atoms with Crippen molar-refractivity contribution in [1.82, 2.24) is 15.4 Å². The average Bonchev–Trinajstić information content (AvgIpc) is 3.00. The first kappa shape index (κ1) is 21.8. The number of halogens is 1. The number of sulfonamides is 1. The maximum Gasteiger partial charge on any atom is 0.271 e. The van der Waals surface area contributed by atoms with E-state index in [4.69, 9.17) is 5.14 Å².